The molecule has 1 aliphatic rings. The van der Waals surface area contributed by atoms with Crippen LogP contribution in [0, 0.1) is 0 Å². The molecule has 0 unspecified atom stereocenters. The lowest BCUT2D eigenvalue weighted by Crippen LogP contribution is -2.41. The smallest absolute Gasteiger partial charge is 0.272 e. The van der Waals surface area contributed by atoms with Crippen LogP contribution in [0.15, 0.2) is 30.3 Å². The molecule has 1 aromatic heterocycles. The molecule has 1 saturated heterocycles. The highest BCUT2D eigenvalue weighted by Crippen LogP contribution is 2.22. The maximum absolute atomic E-state index is 12.4. The van der Waals surface area contributed by atoms with Crippen LogP contribution in [0.5, 0.6) is 11.6 Å². The fourth-order valence-electron chi connectivity index (χ4n) is 2.57. The van der Waals surface area contributed by atoms with Crippen LogP contribution in [-0.2, 0) is 0 Å². The first kappa shape index (κ1) is 15.7. The molecular weight excluding hydrogens is 318 g/mol. The van der Waals surface area contributed by atoms with Gasteiger partial charge < -0.3 is 14.4 Å². The van der Waals surface area contributed by atoms with Crippen LogP contribution in [-0.4, -0.2) is 47.3 Å². The first-order valence-corrected chi connectivity index (χ1v) is 7.84. The van der Waals surface area contributed by atoms with E-state index in [2.05, 4.69) is 10.2 Å². The number of hydrogen-bond acceptors (Lipinski definition) is 4. The number of nitrogens with zero attached hydrogens (tertiary/aromatic N) is 2. The summed E-state index contributed by atoms with van der Waals surface area (Å²) in [5.74, 6) is 1.15. The second-order valence-corrected chi connectivity index (χ2v) is 5.82. The maximum Gasteiger partial charge on any atom is 0.272 e. The van der Waals surface area contributed by atoms with Crippen molar-refractivity contribution in [2.75, 3.05) is 20.2 Å². The Kier molecular flexibility index (Phi) is 4.71. The summed E-state index contributed by atoms with van der Waals surface area (Å²) in [5.41, 5.74) is 0.443. The predicted octanol–water partition coefficient (Wildman–Crippen LogP) is 2.76. The number of likely N-dealkylation sites (tertiary alicyclic amines) is 1. The number of carbonyl (C=O) groups is 1. The van der Waals surface area contributed by atoms with E-state index in [1.807, 2.05) is 12.1 Å². The molecule has 1 amide bonds. The van der Waals surface area contributed by atoms with Crippen LogP contribution >= 0.6 is 11.6 Å². The number of aromatic amines is 1. The number of benzene rings is 1. The summed E-state index contributed by atoms with van der Waals surface area (Å²) in [6, 6.07) is 8.94. The Morgan fingerprint density at radius 3 is 2.61 bits per heavy atom. The Balaban J connectivity index is 1.53. The Morgan fingerprint density at radius 1 is 1.30 bits per heavy atom. The Hall–Kier alpha value is -2.21. The van der Waals surface area contributed by atoms with E-state index in [0.29, 0.717) is 29.7 Å². The maximum atomic E-state index is 12.4. The Bertz CT molecular complexity index is 663. The molecule has 6 nitrogen and oxygen atoms in total. The molecular formula is C16H18ClN3O3. The molecule has 0 spiro atoms. The first-order chi connectivity index (χ1) is 11.2. The van der Waals surface area contributed by atoms with Gasteiger partial charge in [-0.2, -0.15) is 0 Å². The standard InChI is InChI=1S/C16H18ClN3O3/c1-22-15-10-14(18-19-15)16(21)20-8-6-13(7-9-20)23-12-4-2-11(17)3-5-12/h2-5,10,13H,6-9H2,1H3,(H,18,19). The van der Waals surface area contributed by atoms with Crippen LogP contribution in [0.2, 0.25) is 5.02 Å². The van der Waals surface area contributed by atoms with Gasteiger partial charge in [0.2, 0.25) is 5.88 Å². The molecule has 0 saturated carbocycles. The lowest BCUT2D eigenvalue weighted by molar-refractivity contribution is 0.0590. The molecule has 0 radical (unpaired) electrons. The minimum atomic E-state index is -0.0641. The van der Waals surface area contributed by atoms with E-state index >= 15 is 0 Å². The van der Waals surface area contributed by atoms with Crippen molar-refractivity contribution in [2.24, 2.45) is 0 Å². The van der Waals surface area contributed by atoms with Crippen LogP contribution in [0.1, 0.15) is 23.3 Å². The number of nitrogens with one attached hydrogen (secondary N) is 1. The third kappa shape index (κ3) is 3.76. The number of rotatable bonds is 4. The Labute approximate surface area is 139 Å². The van der Waals surface area contributed by atoms with E-state index in [1.54, 1.807) is 23.1 Å². The SMILES string of the molecule is COc1cc(C(=O)N2CCC(Oc3ccc(Cl)cc3)CC2)[nH]n1. The van der Waals surface area contributed by atoms with Gasteiger partial charge in [-0.3, -0.25) is 9.89 Å². The molecule has 1 aromatic carbocycles. The van der Waals surface area contributed by atoms with Gasteiger partial charge in [-0.15, -0.1) is 5.10 Å². The zero-order valence-corrected chi connectivity index (χ0v) is 13.5. The van der Waals surface area contributed by atoms with Crippen molar-refractivity contribution in [1.82, 2.24) is 15.1 Å². The van der Waals surface area contributed by atoms with Crippen LogP contribution < -0.4 is 9.47 Å². The summed E-state index contributed by atoms with van der Waals surface area (Å²) in [6.45, 7) is 1.30. The van der Waals surface area contributed by atoms with Crippen LogP contribution in [0.4, 0.5) is 0 Å². The number of ether oxygens (including phenoxy) is 2. The number of halogens is 1. The third-order valence-corrected chi connectivity index (χ3v) is 4.09. The van der Waals surface area contributed by atoms with Crippen molar-refractivity contribution in [2.45, 2.75) is 18.9 Å². The Morgan fingerprint density at radius 2 is 2.00 bits per heavy atom. The molecule has 1 aliphatic heterocycles. The van der Waals surface area contributed by atoms with Gasteiger partial charge in [-0.25, -0.2) is 0 Å². The number of amides is 1. The van der Waals surface area contributed by atoms with Gasteiger partial charge in [0.05, 0.1) is 7.11 Å². The number of H-pyrrole nitrogens is 1. The predicted molar refractivity (Wildman–Crippen MR) is 86.1 cm³/mol. The highest BCUT2D eigenvalue weighted by atomic mass is 35.5. The zero-order valence-electron chi connectivity index (χ0n) is 12.8. The second-order valence-electron chi connectivity index (χ2n) is 5.39. The molecule has 23 heavy (non-hydrogen) atoms. The molecule has 7 heteroatoms. The lowest BCUT2D eigenvalue weighted by Gasteiger charge is -2.31. The zero-order chi connectivity index (χ0) is 16.2. The van der Waals surface area contributed by atoms with E-state index in [0.717, 1.165) is 18.6 Å². The quantitative estimate of drug-likeness (QED) is 0.933. The molecule has 1 N–H and O–H groups in total. The van der Waals surface area contributed by atoms with Gasteiger partial charge in [-0.05, 0) is 24.3 Å². The van der Waals surface area contributed by atoms with Crippen molar-refractivity contribution in [3.63, 3.8) is 0 Å². The van der Waals surface area contributed by atoms with E-state index < -0.39 is 0 Å². The van der Waals surface area contributed by atoms with E-state index in [4.69, 9.17) is 21.1 Å². The van der Waals surface area contributed by atoms with E-state index in [-0.39, 0.29) is 12.0 Å². The molecule has 0 atom stereocenters. The van der Waals surface area contributed by atoms with Gasteiger partial charge in [0.25, 0.3) is 5.91 Å². The number of piperidine rings is 1. The third-order valence-electron chi connectivity index (χ3n) is 3.84. The first-order valence-electron chi connectivity index (χ1n) is 7.46. The molecule has 2 heterocycles. The highest BCUT2D eigenvalue weighted by molar-refractivity contribution is 6.30. The summed E-state index contributed by atoms with van der Waals surface area (Å²) >= 11 is 5.86. The number of methoxy groups -OCH3 is 1. The van der Waals surface area contributed by atoms with E-state index in [9.17, 15) is 4.79 Å². The summed E-state index contributed by atoms with van der Waals surface area (Å²) in [4.78, 5) is 14.2. The average molecular weight is 336 g/mol. The van der Waals surface area contributed by atoms with Crippen molar-refractivity contribution in [3.8, 4) is 11.6 Å². The summed E-state index contributed by atoms with van der Waals surface area (Å²) < 4.78 is 10.9. The summed E-state index contributed by atoms with van der Waals surface area (Å²) in [6.07, 6.45) is 1.69. The molecule has 1 fully saturated rings. The molecule has 3 rings (SSSR count). The van der Waals surface area contributed by atoms with Gasteiger partial charge in [0.15, 0.2) is 0 Å². The lowest BCUT2D eigenvalue weighted by atomic mass is 10.1. The van der Waals surface area contributed by atoms with Gasteiger partial charge in [0, 0.05) is 37.0 Å². The number of aromatic nitrogens is 2. The molecule has 2 aromatic rings. The van der Waals surface area contributed by atoms with Crippen LogP contribution in [0.25, 0.3) is 0 Å². The topological polar surface area (TPSA) is 67.4 Å². The minimum absolute atomic E-state index is 0.0641. The summed E-state index contributed by atoms with van der Waals surface area (Å²) in [5, 5.41) is 7.29. The van der Waals surface area contributed by atoms with Gasteiger partial charge >= 0.3 is 0 Å². The second kappa shape index (κ2) is 6.91. The van der Waals surface area contributed by atoms with Crippen molar-refractivity contribution in [1.29, 1.82) is 0 Å². The normalized spacial score (nSPS) is 15.5. The molecule has 0 bridgehead atoms. The molecule has 0 aliphatic carbocycles. The van der Waals surface area contributed by atoms with Gasteiger partial charge in [0.1, 0.15) is 17.5 Å². The monoisotopic (exact) mass is 335 g/mol. The van der Waals surface area contributed by atoms with Crippen LogP contribution in [0.3, 0.4) is 0 Å². The average Bonchev–Trinajstić information content (AvgIpc) is 3.06. The number of hydrogen-bond donors (Lipinski definition) is 1. The van der Waals surface area contributed by atoms with Crippen molar-refractivity contribution < 1.29 is 14.3 Å². The minimum Gasteiger partial charge on any atom is -0.490 e. The summed E-state index contributed by atoms with van der Waals surface area (Å²) in [7, 11) is 1.52. The van der Waals surface area contributed by atoms with Crippen molar-refractivity contribution >= 4 is 17.5 Å². The highest BCUT2D eigenvalue weighted by Gasteiger charge is 2.25. The fraction of sp³-hybridized carbons (Fsp3) is 0.375. The fourth-order valence-corrected chi connectivity index (χ4v) is 2.70. The molecule has 122 valence electrons. The number of carbonyl (C=O) groups excluding carboxylic acids is 1. The van der Waals surface area contributed by atoms with Crippen molar-refractivity contribution in [3.05, 3.63) is 41.0 Å². The van der Waals surface area contributed by atoms with Gasteiger partial charge in [-0.1, -0.05) is 11.6 Å². The van der Waals surface area contributed by atoms with E-state index in [1.165, 1.54) is 7.11 Å². The largest absolute Gasteiger partial charge is 0.490 e.